The van der Waals surface area contributed by atoms with E-state index in [0.29, 0.717) is 13.1 Å². The molecule has 0 bridgehead atoms. The average Bonchev–Trinajstić information content (AvgIpc) is 2.92. The summed E-state index contributed by atoms with van der Waals surface area (Å²) in [7, 11) is 1.82. The molecule has 0 radical (unpaired) electrons. The molecule has 7 nitrogen and oxygen atoms in total. The highest BCUT2D eigenvalue weighted by Gasteiger charge is 2.38. The molecule has 1 amide bonds. The Balaban J connectivity index is 1.72. The van der Waals surface area contributed by atoms with Crippen molar-refractivity contribution < 1.29 is 9.90 Å². The minimum absolute atomic E-state index is 0.102. The highest BCUT2D eigenvalue weighted by atomic mass is 16.3. The van der Waals surface area contributed by atoms with Gasteiger partial charge in [-0.2, -0.15) is 0 Å². The van der Waals surface area contributed by atoms with E-state index in [-0.39, 0.29) is 24.0 Å². The van der Waals surface area contributed by atoms with Crippen LogP contribution in [0, 0.1) is 5.41 Å². The quantitative estimate of drug-likeness (QED) is 0.851. The van der Waals surface area contributed by atoms with Crippen molar-refractivity contribution in [2.45, 2.75) is 32.2 Å². The molecule has 1 saturated carbocycles. The molecule has 2 atom stereocenters. The average molecular weight is 319 g/mol. The van der Waals surface area contributed by atoms with Crippen LogP contribution in [0.25, 0.3) is 0 Å². The molecule has 2 aliphatic rings. The van der Waals surface area contributed by atoms with Crippen molar-refractivity contribution in [1.82, 2.24) is 14.9 Å². The number of hydrogen-bond donors (Lipinski definition) is 2. The summed E-state index contributed by atoms with van der Waals surface area (Å²) >= 11 is 0. The fraction of sp³-hybridized carbons (Fsp3) is 0.688. The van der Waals surface area contributed by atoms with Gasteiger partial charge in [0, 0.05) is 37.7 Å². The zero-order valence-electron chi connectivity index (χ0n) is 13.8. The molecule has 2 heterocycles. The first-order valence-electron chi connectivity index (χ1n) is 8.20. The molecule has 0 aromatic carbocycles. The number of amides is 1. The number of carbonyl (C=O) groups is 1. The lowest BCUT2D eigenvalue weighted by Gasteiger charge is -2.33. The molecule has 1 saturated heterocycles. The van der Waals surface area contributed by atoms with Gasteiger partial charge in [-0.3, -0.25) is 4.79 Å². The lowest BCUT2D eigenvalue weighted by atomic mass is 9.86. The first-order valence-corrected chi connectivity index (χ1v) is 8.20. The van der Waals surface area contributed by atoms with Crippen LogP contribution < -0.4 is 10.2 Å². The summed E-state index contributed by atoms with van der Waals surface area (Å²) in [5, 5.41) is 13.1. The van der Waals surface area contributed by atoms with Gasteiger partial charge in [-0.1, -0.05) is 13.3 Å². The number of carbonyl (C=O) groups excluding carboxylic acids is 1. The molecule has 2 unspecified atom stereocenters. The largest absolute Gasteiger partial charge is 0.396 e. The van der Waals surface area contributed by atoms with Crippen molar-refractivity contribution in [3.63, 3.8) is 0 Å². The van der Waals surface area contributed by atoms with Crippen molar-refractivity contribution >= 4 is 17.5 Å². The predicted molar refractivity (Wildman–Crippen MR) is 88.3 cm³/mol. The summed E-state index contributed by atoms with van der Waals surface area (Å²) < 4.78 is 0. The maximum atomic E-state index is 11.9. The summed E-state index contributed by atoms with van der Waals surface area (Å²) in [4.78, 5) is 24.2. The minimum atomic E-state index is -0.102. The van der Waals surface area contributed by atoms with Gasteiger partial charge in [0.2, 0.25) is 5.91 Å². The zero-order valence-corrected chi connectivity index (χ0v) is 13.8. The van der Waals surface area contributed by atoms with Crippen molar-refractivity contribution in [1.29, 1.82) is 0 Å². The second-order valence-electron chi connectivity index (χ2n) is 6.90. The Labute approximate surface area is 136 Å². The lowest BCUT2D eigenvalue weighted by molar-refractivity contribution is -0.129. The van der Waals surface area contributed by atoms with Crippen LogP contribution in [0.15, 0.2) is 12.4 Å². The Hall–Kier alpha value is -1.89. The smallest absolute Gasteiger partial charge is 0.241 e. The van der Waals surface area contributed by atoms with Crippen molar-refractivity contribution in [3.05, 3.63) is 12.4 Å². The van der Waals surface area contributed by atoms with Gasteiger partial charge >= 0.3 is 0 Å². The van der Waals surface area contributed by atoms with E-state index in [4.69, 9.17) is 0 Å². The number of rotatable bonds is 4. The zero-order chi connectivity index (χ0) is 16.4. The molecular formula is C16H25N5O2. The predicted octanol–water partition coefficient (Wildman–Crippen LogP) is 0.718. The lowest BCUT2D eigenvalue weighted by Crippen LogP contribution is -2.48. The van der Waals surface area contributed by atoms with Crippen molar-refractivity contribution in [2.75, 3.05) is 43.5 Å². The van der Waals surface area contributed by atoms with E-state index in [1.807, 2.05) is 18.0 Å². The minimum Gasteiger partial charge on any atom is -0.396 e. The highest BCUT2D eigenvalue weighted by molar-refractivity contribution is 5.82. The van der Waals surface area contributed by atoms with Crippen LogP contribution in [0.1, 0.15) is 26.2 Å². The number of likely N-dealkylation sites (N-methyl/N-ethyl adjacent to an activating group) is 1. The molecule has 1 aliphatic carbocycles. The number of hydrogen-bond acceptors (Lipinski definition) is 6. The standard InChI is InChI=1S/C16H25N5O2/c1-16(10-22)5-3-4-12(16)19-13-8-14(18-11-17-13)21-7-6-20(2)15(23)9-21/h8,11-12,22H,3-7,9-10H2,1-2H3,(H,17,18,19). The van der Waals surface area contributed by atoms with Gasteiger partial charge in [-0.15, -0.1) is 0 Å². The van der Waals surface area contributed by atoms with Crippen LogP contribution in [0.2, 0.25) is 0 Å². The Morgan fingerprint density at radius 3 is 3.00 bits per heavy atom. The van der Waals surface area contributed by atoms with Crippen LogP contribution in [0.4, 0.5) is 11.6 Å². The molecule has 2 N–H and O–H groups in total. The SMILES string of the molecule is CN1CCN(c2cc(NC3CCCC3(C)CO)ncn2)CC1=O. The first-order chi connectivity index (χ1) is 11.0. The highest BCUT2D eigenvalue weighted by Crippen LogP contribution is 2.39. The number of nitrogens with one attached hydrogen (secondary N) is 1. The number of nitrogens with zero attached hydrogens (tertiary/aromatic N) is 4. The molecule has 1 aromatic rings. The summed E-state index contributed by atoms with van der Waals surface area (Å²) in [6.07, 6.45) is 4.70. The van der Waals surface area contributed by atoms with Gasteiger partial charge in [0.25, 0.3) is 0 Å². The van der Waals surface area contributed by atoms with E-state index in [1.54, 1.807) is 4.90 Å². The fourth-order valence-corrected chi connectivity index (χ4v) is 3.40. The van der Waals surface area contributed by atoms with E-state index < -0.39 is 0 Å². The summed E-state index contributed by atoms with van der Waals surface area (Å²) in [6.45, 7) is 4.12. The molecule has 2 fully saturated rings. The third-order valence-electron chi connectivity index (χ3n) is 5.20. The number of aliphatic hydroxyl groups excluding tert-OH is 1. The van der Waals surface area contributed by atoms with Crippen LogP contribution >= 0.6 is 0 Å². The number of aliphatic hydroxyl groups is 1. The van der Waals surface area contributed by atoms with Gasteiger partial charge < -0.3 is 20.2 Å². The number of aromatic nitrogens is 2. The molecular weight excluding hydrogens is 294 g/mol. The van der Waals surface area contributed by atoms with Crippen molar-refractivity contribution in [2.24, 2.45) is 5.41 Å². The van der Waals surface area contributed by atoms with Crippen LogP contribution in [0.5, 0.6) is 0 Å². The Morgan fingerprint density at radius 1 is 1.43 bits per heavy atom. The normalized spacial score (nSPS) is 28.3. The monoisotopic (exact) mass is 319 g/mol. The molecule has 7 heteroatoms. The molecule has 3 rings (SSSR count). The molecule has 23 heavy (non-hydrogen) atoms. The van der Waals surface area contributed by atoms with Gasteiger partial charge in [0.1, 0.15) is 18.0 Å². The third kappa shape index (κ3) is 3.24. The fourth-order valence-electron chi connectivity index (χ4n) is 3.40. The second-order valence-corrected chi connectivity index (χ2v) is 6.90. The molecule has 1 aromatic heterocycles. The van der Waals surface area contributed by atoms with E-state index in [2.05, 4.69) is 22.2 Å². The Bertz CT molecular complexity index is 581. The summed E-state index contributed by atoms with van der Waals surface area (Å²) in [6, 6.07) is 2.11. The summed E-state index contributed by atoms with van der Waals surface area (Å²) in [5.41, 5.74) is -0.102. The molecule has 1 aliphatic heterocycles. The van der Waals surface area contributed by atoms with E-state index >= 15 is 0 Å². The maximum Gasteiger partial charge on any atom is 0.241 e. The number of piperazine rings is 1. The van der Waals surface area contributed by atoms with E-state index in [9.17, 15) is 9.90 Å². The maximum absolute atomic E-state index is 11.9. The van der Waals surface area contributed by atoms with Gasteiger partial charge in [0.05, 0.1) is 13.2 Å². The van der Waals surface area contributed by atoms with Gasteiger partial charge in [0.15, 0.2) is 0 Å². The first kappa shape index (κ1) is 16.0. The van der Waals surface area contributed by atoms with Crippen LogP contribution in [-0.4, -0.2) is 65.2 Å². The van der Waals surface area contributed by atoms with Gasteiger partial charge in [-0.05, 0) is 12.8 Å². The third-order valence-corrected chi connectivity index (χ3v) is 5.20. The Morgan fingerprint density at radius 2 is 2.26 bits per heavy atom. The molecule has 126 valence electrons. The second kappa shape index (κ2) is 6.31. The Kier molecular flexibility index (Phi) is 4.39. The van der Waals surface area contributed by atoms with E-state index in [1.165, 1.54) is 6.33 Å². The number of anilines is 2. The van der Waals surface area contributed by atoms with Crippen LogP contribution in [0.3, 0.4) is 0 Å². The topological polar surface area (TPSA) is 81.6 Å². The molecule has 0 spiro atoms. The van der Waals surface area contributed by atoms with Gasteiger partial charge in [-0.25, -0.2) is 9.97 Å². The van der Waals surface area contributed by atoms with E-state index in [0.717, 1.165) is 37.4 Å². The van der Waals surface area contributed by atoms with Crippen molar-refractivity contribution in [3.8, 4) is 0 Å². The summed E-state index contributed by atoms with van der Waals surface area (Å²) in [5.74, 6) is 1.63. The van der Waals surface area contributed by atoms with Crippen LogP contribution in [-0.2, 0) is 4.79 Å².